The Bertz CT molecular complexity index is 427. The van der Waals surface area contributed by atoms with Gasteiger partial charge in [0.25, 0.3) is 30.4 Å². The summed E-state index contributed by atoms with van der Waals surface area (Å²) in [5.41, 5.74) is 0. The van der Waals surface area contributed by atoms with E-state index in [1.807, 2.05) is 0 Å². The third-order valence-corrected chi connectivity index (χ3v) is 0.957. The summed E-state index contributed by atoms with van der Waals surface area (Å²) in [6, 6.07) is 0. The second-order valence-corrected chi connectivity index (χ2v) is 8.10. The van der Waals surface area contributed by atoms with E-state index in [0.717, 1.165) is 26.2 Å². The highest BCUT2D eigenvalue weighted by atomic mass is 32.2. The topological polar surface area (TPSA) is 187 Å². The van der Waals surface area contributed by atoms with Crippen LogP contribution in [0.25, 0.3) is 0 Å². The third-order valence-electron chi connectivity index (χ3n) is 0.957. The lowest BCUT2D eigenvalue weighted by Crippen LogP contribution is -2.39. The van der Waals surface area contributed by atoms with Crippen LogP contribution < -0.4 is 10.6 Å². The van der Waals surface area contributed by atoms with Gasteiger partial charge in [-0.15, -0.1) is 0 Å². The Kier molecular flexibility index (Phi) is 14.9. The molecule has 0 aromatic heterocycles. The largest absolute Gasteiger partial charge is 0.314 e. The van der Waals surface area contributed by atoms with Crippen molar-refractivity contribution in [2.75, 3.05) is 44.9 Å². The SMILES string of the molecule is C1CNCCN1.CS(=O)(=O)O.CS(=O)(=O)O.CS(=O)(=O)O. The van der Waals surface area contributed by atoms with Crippen LogP contribution in [0.1, 0.15) is 0 Å². The molecule has 0 atom stereocenters. The molecule has 1 aliphatic rings. The summed E-state index contributed by atoms with van der Waals surface area (Å²) in [6.45, 7) is 4.56. The summed E-state index contributed by atoms with van der Waals surface area (Å²) in [5, 5.41) is 6.44. The van der Waals surface area contributed by atoms with Gasteiger partial charge in [0.15, 0.2) is 0 Å². The van der Waals surface area contributed by atoms with E-state index >= 15 is 0 Å². The summed E-state index contributed by atoms with van der Waals surface area (Å²) in [7, 11) is -11.0. The van der Waals surface area contributed by atoms with E-state index in [1.54, 1.807) is 0 Å². The molecule has 11 nitrogen and oxygen atoms in total. The van der Waals surface area contributed by atoms with Crippen molar-refractivity contribution in [1.29, 1.82) is 0 Å². The maximum Gasteiger partial charge on any atom is 0.261 e. The molecule has 0 aromatic carbocycles. The maximum absolute atomic E-state index is 9.19. The zero-order valence-electron chi connectivity index (χ0n) is 11.8. The van der Waals surface area contributed by atoms with Gasteiger partial charge in [-0.3, -0.25) is 13.7 Å². The highest BCUT2D eigenvalue weighted by Crippen LogP contribution is 1.65. The Balaban J connectivity index is -0.000000207. The molecular weight excluding hydrogens is 352 g/mol. The lowest BCUT2D eigenvalue weighted by Gasteiger charge is -2.11. The molecule has 1 fully saturated rings. The first kappa shape index (κ1) is 25.6. The van der Waals surface area contributed by atoms with E-state index in [0.29, 0.717) is 18.8 Å². The first-order valence-electron chi connectivity index (χ1n) is 5.19. The predicted octanol–water partition coefficient (Wildman–Crippen LogP) is -2.31. The van der Waals surface area contributed by atoms with Crippen molar-refractivity contribution < 1.29 is 38.9 Å². The Morgan fingerprint density at radius 3 is 0.714 bits per heavy atom. The van der Waals surface area contributed by atoms with Crippen LogP contribution in [0.3, 0.4) is 0 Å². The van der Waals surface area contributed by atoms with Gasteiger partial charge in [-0.25, -0.2) is 0 Å². The van der Waals surface area contributed by atoms with E-state index in [4.69, 9.17) is 13.7 Å². The van der Waals surface area contributed by atoms with Crippen LogP contribution in [-0.4, -0.2) is 83.9 Å². The monoisotopic (exact) mass is 374 g/mol. The summed E-state index contributed by atoms with van der Waals surface area (Å²) < 4.78 is 77.6. The number of hydrogen-bond donors (Lipinski definition) is 5. The van der Waals surface area contributed by atoms with Crippen LogP contribution in [0.15, 0.2) is 0 Å². The van der Waals surface area contributed by atoms with Gasteiger partial charge in [0.05, 0.1) is 18.8 Å². The van der Waals surface area contributed by atoms with Gasteiger partial charge in [0, 0.05) is 26.2 Å². The molecule has 132 valence electrons. The number of piperazine rings is 1. The minimum atomic E-state index is -3.67. The molecule has 0 saturated carbocycles. The normalized spacial score (nSPS) is 15.1. The second-order valence-electron chi connectivity index (χ2n) is 3.70. The lowest BCUT2D eigenvalue weighted by molar-refractivity contribution is 0.488. The van der Waals surface area contributed by atoms with Gasteiger partial charge >= 0.3 is 0 Å². The maximum atomic E-state index is 9.19. The van der Waals surface area contributed by atoms with Crippen molar-refractivity contribution in [3.63, 3.8) is 0 Å². The fourth-order valence-corrected chi connectivity index (χ4v) is 0.604. The fraction of sp³-hybridized carbons (Fsp3) is 1.00. The molecule has 1 aliphatic heterocycles. The van der Waals surface area contributed by atoms with Crippen molar-refractivity contribution in [3.8, 4) is 0 Å². The summed E-state index contributed by atoms with van der Waals surface area (Å²) in [6.07, 6.45) is 2.15. The second kappa shape index (κ2) is 12.2. The van der Waals surface area contributed by atoms with Gasteiger partial charge in [0.2, 0.25) is 0 Å². The van der Waals surface area contributed by atoms with Gasteiger partial charge in [-0.05, 0) is 0 Å². The van der Waals surface area contributed by atoms with Crippen LogP contribution in [0.5, 0.6) is 0 Å². The Labute approximate surface area is 125 Å². The van der Waals surface area contributed by atoms with Crippen LogP contribution in [0.2, 0.25) is 0 Å². The molecule has 0 bridgehead atoms. The third kappa shape index (κ3) is 192. The highest BCUT2D eigenvalue weighted by Gasteiger charge is 1.91. The zero-order valence-corrected chi connectivity index (χ0v) is 14.3. The first-order chi connectivity index (χ1) is 9.00. The van der Waals surface area contributed by atoms with Crippen LogP contribution in [0, 0.1) is 0 Å². The first-order valence-corrected chi connectivity index (χ1v) is 10.7. The Morgan fingerprint density at radius 1 is 0.571 bits per heavy atom. The average molecular weight is 374 g/mol. The van der Waals surface area contributed by atoms with E-state index in [9.17, 15) is 25.3 Å². The molecule has 0 radical (unpaired) electrons. The van der Waals surface area contributed by atoms with Gasteiger partial charge in [-0.2, -0.15) is 25.3 Å². The smallest absolute Gasteiger partial charge is 0.261 e. The number of hydrogen-bond acceptors (Lipinski definition) is 8. The molecule has 0 amide bonds. The van der Waals surface area contributed by atoms with E-state index in [1.165, 1.54) is 0 Å². The van der Waals surface area contributed by atoms with Gasteiger partial charge < -0.3 is 10.6 Å². The standard InChI is InChI=1S/C4H10N2.3CH4O3S/c1-2-6-4-3-5-1;3*1-5(2,3)4/h5-6H,1-4H2;3*1H3,(H,2,3,4). The molecular formula is C7H22N2O9S3. The quantitative estimate of drug-likeness (QED) is 0.287. The van der Waals surface area contributed by atoms with E-state index < -0.39 is 30.4 Å². The molecule has 1 rings (SSSR count). The summed E-state index contributed by atoms with van der Waals surface area (Å²) in [4.78, 5) is 0. The van der Waals surface area contributed by atoms with Crippen molar-refractivity contribution in [2.24, 2.45) is 0 Å². The highest BCUT2D eigenvalue weighted by molar-refractivity contribution is 7.85. The summed E-state index contributed by atoms with van der Waals surface area (Å²) >= 11 is 0. The van der Waals surface area contributed by atoms with Crippen molar-refractivity contribution in [2.45, 2.75) is 0 Å². The molecule has 1 heterocycles. The van der Waals surface area contributed by atoms with Crippen molar-refractivity contribution >= 4 is 30.4 Å². The number of rotatable bonds is 0. The Morgan fingerprint density at radius 2 is 0.667 bits per heavy atom. The molecule has 0 aliphatic carbocycles. The molecule has 14 heteroatoms. The van der Waals surface area contributed by atoms with Crippen molar-refractivity contribution in [1.82, 2.24) is 10.6 Å². The molecule has 21 heavy (non-hydrogen) atoms. The molecule has 0 spiro atoms. The minimum Gasteiger partial charge on any atom is -0.314 e. The predicted molar refractivity (Wildman–Crippen MR) is 78.2 cm³/mol. The molecule has 0 unspecified atom stereocenters. The Hall–Kier alpha value is -0.350. The van der Waals surface area contributed by atoms with Gasteiger partial charge in [-0.1, -0.05) is 0 Å². The lowest BCUT2D eigenvalue weighted by atomic mass is 10.4. The molecule has 1 saturated heterocycles. The molecule has 0 aromatic rings. The molecule has 5 N–H and O–H groups in total. The minimum absolute atomic E-state index is 0.715. The number of nitrogens with one attached hydrogen (secondary N) is 2. The van der Waals surface area contributed by atoms with Crippen molar-refractivity contribution in [3.05, 3.63) is 0 Å². The van der Waals surface area contributed by atoms with Crippen LogP contribution in [0.4, 0.5) is 0 Å². The van der Waals surface area contributed by atoms with E-state index in [2.05, 4.69) is 10.6 Å². The fourth-order valence-electron chi connectivity index (χ4n) is 0.604. The average Bonchev–Trinajstić information content (AvgIpc) is 2.12. The van der Waals surface area contributed by atoms with Gasteiger partial charge in [0.1, 0.15) is 0 Å². The summed E-state index contributed by atoms with van der Waals surface area (Å²) in [5.74, 6) is 0. The van der Waals surface area contributed by atoms with E-state index in [-0.39, 0.29) is 0 Å². The zero-order chi connectivity index (χ0) is 17.7. The van der Waals surface area contributed by atoms with Crippen LogP contribution >= 0.6 is 0 Å². The van der Waals surface area contributed by atoms with Crippen LogP contribution in [-0.2, 0) is 30.4 Å².